The van der Waals surface area contributed by atoms with E-state index in [0.29, 0.717) is 55.0 Å². The maximum Gasteiger partial charge on any atom is 0.255 e. The molecule has 13 nitrogen and oxygen atoms in total. The van der Waals surface area contributed by atoms with Crippen molar-refractivity contribution in [3.05, 3.63) is 116 Å². The van der Waals surface area contributed by atoms with Crippen LogP contribution in [0.5, 0.6) is 5.75 Å². The summed E-state index contributed by atoms with van der Waals surface area (Å²) >= 11 is 12.9. The summed E-state index contributed by atoms with van der Waals surface area (Å²) in [4.78, 5) is 53.9. The van der Waals surface area contributed by atoms with Gasteiger partial charge in [0.2, 0.25) is 27.7 Å². The predicted molar refractivity (Wildman–Crippen MR) is 265 cm³/mol. The monoisotopic (exact) mass is 1010 g/mol. The molecular formula is C53H55Cl2FN6O7S. The minimum atomic E-state index is -3.95. The van der Waals surface area contributed by atoms with E-state index in [1.165, 1.54) is 40.6 Å². The van der Waals surface area contributed by atoms with Gasteiger partial charge in [0.05, 0.1) is 28.8 Å². The van der Waals surface area contributed by atoms with Crippen molar-refractivity contribution in [2.75, 3.05) is 37.4 Å². The van der Waals surface area contributed by atoms with Gasteiger partial charge in [0, 0.05) is 83.8 Å². The van der Waals surface area contributed by atoms with Crippen LogP contribution in [0.4, 0.5) is 15.8 Å². The Balaban J connectivity index is 0.823. The zero-order valence-corrected chi connectivity index (χ0v) is 41.7. The van der Waals surface area contributed by atoms with Gasteiger partial charge in [-0.3, -0.25) is 24.5 Å². The minimum absolute atomic E-state index is 0.0251. The average Bonchev–Trinajstić information content (AvgIpc) is 3.96. The molecule has 4 aromatic carbocycles. The highest BCUT2D eigenvalue weighted by Gasteiger charge is 2.62. The molecular weight excluding hydrogens is 955 g/mol. The summed E-state index contributed by atoms with van der Waals surface area (Å²) in [6.45, 7) is 7.73. The molecule has 366 valence electrons. The summed E-state index contributed by atoms with van der Waals surface area (Å²) < 4.78 is 52.0. The number of anilines is 2. The Morgan fingerprint density at radius 2 is 1.76 bits per heavy atom. The number of ether oxygens (including phenoxy) is 1. The second-order valence-corrected chi connectivity index (χ2v) is 23.8. The standard InChI is InChI=1S/C53H55Cl2FN6O7S/c1-51(2,3)27-43-53(29-57-40-23-32(54)13-15-37(40)53)45(35-9-6-10-38(55)46(35)56)47(59-43)49(65)58-39-16-14-33(24-42(39)69-4)70(67,68)61-21-19-52(20-22-61)25-30(26-52)11-12-31-7-5-8-34-36(31)28-62(50(34)66)41-17-18-44(63)60-48(41)64/h5-10,13-16,23-24,30,41,43,45,47,57,59H,17-22,25-29H2,1-4H3,(H,58,65)(H,60,63,64)/t41?,43-,45-,47+,53-/m0/s1. The topological polar surface area (TPSA) is 166 Å². The van der Waals surface area contributed by atoms with Crippen LogP contribution in [0.15, 0.2) is 77.7 Å². The molecule has 5 aliphatic heterocycles. The number of nitrogens with one attached hydrogen (secondary N) is 4. The molecule has 1 unspecified atom stereocenters. The zero-order chi connectivity index (χ0) is 49.5. The Morgan fingerprint density at radius 1 is 1.00 bits per heavy atom. The highest BCUT2D eigenvalue weighted by molar-refractivity contribution is 7.89. The summed E-state index contributed by atoms with van der Waals surface area (Å²) in [7, 11) is -2.53. The van der Waals surface area contributed by atoms with Crippen molar-refractivity contribution in [1.29, 1.82) is 0 Å². The number of methoxy groups -OCH3 is 1. The predicted octanol–water partition coefficient (Wildman–Crippen LogP) is 8.00. The molecule has 70 heavy (non-hydrogen) atoms. The number of benzene rings is 4. The molecule has 0 aromatic heterocycles. The van der Waals surface area contributed by atoms with Gasteiger partial charge in [0.1, 0.15) is 17.6 Å². The third-order valence-corrected chi connectivity index (χ3v) is 18.0. The van der Waals surface area contributed by atoms with E-state index in [4.69, 9.17) is 27.9 Å². The van der Waals surface area contributed by atoms with Crippen LogP contribution < -0.4 is 26.0 Å². The molecule has 1 aliphatic carbocycles. The van der Waals surface area contributed by atoms with Crippen molar-refractivity contribution in [1.82, 2.24) is 19.8 Å². The van der Waals surface area contributed by atoms with Crippen molar-refractivity contribution in [3.63, 3.8) is 0 Å². The Labute approximate surface area is 417 Å². The Kier molecular flexibility index (Phi) is 12.4. The van der Waals surface area contributed by atoms with Crippen LogP contribution in [0.3, 0.4) is 0 Å². The van der Waals surface area contributed by atoms with Gasteiger partial charge in [0.15, 0.2) is 0 Å². The summed E-state index contributed by atoms with van der Waals surface area (Å²) in [5, 5.41) is 13.0. The van der Waals surface area contributed by atoms with Crippen LogP contribution in [-0.2, 0) is 36.4 Å². The molecule has 3 saturated heterocycles. The van der Waals surface area contributed by atoms with Gasteiger partial charge in [0.25, 0.3) is 5.91 Å². The molecule has 4 N–H and O–H groups in total. The third-order valence-electron chi connectivity index (χ3n) is 15.6. The van der Waals surface area contributed by atoms with Crippen LogP contribution in [0, 0.1) is 34.4 Å². The Bertz CT molecular complexity index is 3030. The van der Waals surface area contributed by atoms with Gasteiger partial charge in [-0.05, 0) is 109 Å². The first-order valence-corrected chi connectivity index (χ1v) is 26.0. The maximum atomic E-state index is 16.3. The maximum absolute atomic E-state index is 16.3. The van der Waals surface area contributed by atoms with Gasteiger partial charge in [-0.15, -0.1) is 0 Å². The number of fused-ring (bicyclic) bond motifs is 3. The molecule has 5 atom stereocenters. The van der Waals surface area contributed by atoms with E-state index in [-0.39, 0.29) is 75.3 Å². The lowest BCUT2D eigenvalue weighted by Crippen LogP contribution is -2.52. The molecule has 0 radical (unpaired) electrons. The second-order valence-electron chi connectivity index (χ2n) is 21.0. The van der Waals surface area contributed by atoms with E-state index in [1.807, 2.05) is 24.3 Å². The highest BCUT2D eigenvalue weighted by Crippen LogP contribution is 2.57. The van der Waals surface area contributed by atoms with Gasteiger partial charge in [-0.1, -0.05) is 80.1 Å². The van der Waals surface area contributed by atoms with Gasteiger partial charge >= 0.3 is 0 Å². The lowest BCUT2D eigenvalue weighted by molar-refractivity contribution is -0.137. The summed E-state index contributed by atoms with van der Waals surface area (Å²) in [5.41, 5.74) is 3.36. The van der Waals surface area contributed by atoms with E-state index in [9.17, 15) is 27.6 Å². The Hall–Kier alpha value is -5.50. The minimum Gasteiger partial charge on any atom is -0.495 e. The molecule has 0 bridgehead atoms. The number of carbonyl (C=O) groups is 4. The molecule has 10 rings (SSSR count). The lowest BCUT2D eigenvalue weighted by atomic mass is 9.58. The van der Waals surface area contributed by atoms with Crippen LogP contribution >= 0.6 is 23.2 Å². The number of sulfonamides is 1. The normalized spacial score (nSPS) is 25.2. The van der Waals surface area contributed by atoms with Gasteiger partial charge in [-0.2, -0.15) is 4.31 Å². The van der Waals surface area contributed by atoms with E-state index in [0.717, 1.165) is 35.2 Å². The van der Waals surface area contributed by atoms with Crippen LogP contribution in [-0.4, -0.2) is 86.1 Å². The van der Waals surface area contributed by atoms with Crippen LogP contribution in [0.1, 0.15) is 104 Å². The number of hydrogen-bond donors (Lipinski definition) is 4. The fourth-order valence-electron chi connectivity index (χ4n) is 12.1. The van der Waals surface area contributed by atoms with E-state index in [1.54, 1.807) is 24.3 Å². The van der Waals surface area contributed by atoms with Crippen LogP contribution in [0.25, 0.3) is 0 Å². The highest BCUT2D eigenvalue weighted by atomic mass is 35.5. The first-order valence-electron chi connectivity index (χ1n) is 23.8. The lowest BCUT2D eigenvalue weighted by Gasteiger charge is -2.50. The Morgan fingerprint density at radius 3 is 2.49 bits per heavy atom. The SMILES string of the molecule is COc1cc(S(=O)(=O)N2CCC3(CC2)CC(C#Cc2cccc4c2CN(C2CCC(=O)NC2=O)C4=O)C3)ccc1NC(=O)[C@@H]1N[C@@H](CC(C)(C)C)[C@@]2(CNc3cc(Cl)ccc32)[C@H]1c1cccc(Cl)c1F. The van der Waals surface area contributed by atoms with E-state index in [2.05, 4.69) is 53.9 Å². The number of piperidine rings is 2. The average molecular weight is 1010 g/mol. The van der Waals surface area contributed by atoms with E-state index < -0.39 is 51.1 Å². The van der Waals surface area contributed by atoms with Crippen molar-refractivity contribution in [3.8, 4) is 17.6 Å². The molecule has 4 fully saturated rings. The molecule has 4 amide bonds. The van der Waals surface area contributed by atoms with Gasteiger partial charge in [-0.25, -0.2) is 12.8 Å². The number of imide groups is 1. The summed E-state index contributed by atoms with van der Waals surface area (Å²) in [6, 6.07) is 18.4. The molecule has 4 aromatic rings. The third kappa shape index (κ3) is 8.43. The van der Waals surface area contributed by atoms with E-state index >= 15 is 4.39 Å². The fraction of sp³-hybridized carbons (Fsp3) is 0.434. The first-order chi connectivity index (χ1) is 33.3. The summed E-state index contributed by atoms with van der Waals surface area (Å²) in [5.74, 6) is 4.21. The smallest absolute Gasteiger partial charge is 0.255 e. The second kappa shape index (κ2) is 18.0. The number of hydrogen-bond acceptors (Lipinski definition) is 9. The van der Waals surface area contributed by atoms with Crippen molar-refractivity contribution >= 4 is 68.2 Å². The van der Waals surface area contributed by atoms with Gasteiger partial charge < -0.3 is 25.6 Å². The molecule has 5 heterocycles. The number of amides is 4. The largest absolute Gasteiger partial charge is 0.495 e. The number of carbonyl (C=O) groups excluding carboxylic acids is 4. The summed E-state index contributed by atoms with van der Waals surface area (Å²) in [6.07, 6.45) is 4.15. The van der Waals surface area contributed by atoms with Crippen molar-refractivity contribution in [2.24, 2.45) is 16.7 Å². The molecule has 1 saturated carbocycles. The van der Waals surface area contributed by atoms with Crippen molar-refractivity contribution in [2.45, 2.75) is 107 Å². The molecule has 17 heteroatoms. The number of rotatable bonds is 8. The number of nitrogens with zero attached hydrogens (tertiary/aromatic N) is 2. The quantitative estimate of drug-likeness (QED) is 0.101. The number of halogens is 3. The molecule has 6 aliphatic rings. The molecule has 2 spiro atoms. The fourth-order valence-corrected chi connectivity index (χ4v) is 14.0. The first kappa shape index (κ1) is 48.1. The van der Waals surface area contributed by atoms with Crippen molar-refractivity contribution < 1.29 is 36.7 Å². The van der Waals surface area contributed by atoms with Crippen LogP contribution in [0.2, 0.25) is 10.0 Å². The zero-order valence-electron chi connectivity index (χ0n) is 39.4.